The lowest BCUT2D eigenvalue weighted by atomic mass is 10.2. The molecule has 0 aliphatic rings. The van der Waals surface area contributed by atoms with Crippen LogP contribution >= 0.6 is 23.4 Å². The molecule has 4 nitrogen and oxygen atoms in total. The summed E-state index contributed by atoms with van der Waals surface area (Å²) < 4.78 is 21.0. The Balaban J connectivity index is 1.72. The molecule has 0 saturated heterocycles. The molecule has 0 amide bonds. The number of hydrogen-bond donors (Lipinski definition) is 0. The van der Waals surface area contributed by atoms with Crippen LogP contribution in [0.15, 0.2) is 47.6 Å². The predicted octanol–water partition coefficient (Wildman–Crippen LogP) is 6.23. The fourth-order valence-corrected chi connectivity index (χ4v) is 4.03. The SMILES string of the molecule is CCCCOc1ccc(-c2nnc(SCc3ccc(F)cc3Cl)n2CC)cc1. The van der Waals surface area contributed by atoms with E-state index in [0.717, 1.165) is 53.9 Å². The lowest BCUT2D eigenvalue weighted by Gasteiger charge is -2.09. The molecule has 0 bridgehead atoms. The van der Waals surface area contributed by atoms with Crippen molar-refractivity contribution in [2.45, 2.75) is 44.1 Å². The maximum absolute atomic E-state index is 13.2. The summed E-state index contributed by atoms with van der Waals surface area (Å²) in [4.78, 5) is 0. The number of hydrogen-bond acceptors (Lipinski definition) is 4. The minimum Gasteiger partial charge on any atom is -0.494 e. The Bertz CT molecular complexity index is 915. The van der Waals surface area contributed by atoms with E-state index in [1.807, 2.05) is 24.3 Å². The second-order valence-electron chi connectivity index (χ2n) is 6.30. The van der Waals surface area contributed by atoms with Gasteiger partial charge in [0.2, 0.25) is 0 Å². The van der Waals surface area contributed by atoms with E-state index in [9.17, 15) is 4.39 Å². The Morgan fingerprint density at radius 2 is 1.89 bits per heavy atom. The lowest BCUT2D eigenvalue weighted by Crippen LogP contribution is -2.00. The zero-order chi connectivity index (χ0) is 19.9. The maximum atomic E-state index is 13.2. The molecule has 0 atom stereocenters. The highest BCUT2D eigenvalue weighted by Crippen LogP contribution is 2.29. The lowest BCUT2D eigenvalue weighted by molar-refractivity contribution is 0.309. The number of ether oxygens (including phenoxy) is 1. The van der Waals surface area contributed by atoms with Gasteiger partial charge >= 0.3 is 0 Å². The summed E-state index contributed by atoms with van der Waals surface area (Å²) in [5.41, 5.74) is 1.86. The number of thioether (sulfide) groups is 1. The quantitative estimate of drug-likeness (QED) is 0.304. The van der Waals surface area contributed by atoms with Crippen molar-refractivity contribution in [3.63, 3.8) is 0 Å². The number of rotatable bonds is 9. The monoisotopic (exact) mass is 419 g/mol. The number of aromatic nitrogens is 3. The van der Waals surface area contributed by atoms with Gasteiger partial charge in [-0.05, 0) is 55.3 Å². The summed E-state index contributed by atoms with van der Waals surface area (Å²) in [6.07, 6.45) is 2.16. The summed E-state index contributed by atoms with van der Waals surface area (Å²) in [5, 5.41) is 9.94. The van der Waals surface area contributed by atoms with Crippen molar-refractivity contribution < 1.29 is 9.13 Å². The molecule has 7 heteroatoms. The molecule has 1 aromatic heterocycles. The molecule has 0 fully saturated rings. The standard InChI is InChI=1S/C21H23ClFN3OS/c1-3-5-12-27-18-10-7-15(8-11-18)20-24-25-21(26(20)4-2)28-14-16-6-9-17(23)13-19(16)22/h6-11,13H,3-5,12,14H2,1-2H3. The van der Waals surface area contributed by atoms with Crippen molar-refractivity contribution in [3.05, 3.63) is 58.9 Å². The van der Waals surface area contributed by atoms with Crippen LogP contribution in [0, 0.1) is 5.82 Å². The molecular formula is C21H23ClFN3OS. The topological polar surface area (TPSA) is 39.9 Å². The van der Waals surface area contributed by atoms with Gasteiger partial charge in [0.1, 0.15) is 11.6 Å². The van der Waals surface area contributed by atoms with Gasteiger partial charge in [-0.2, -0.15) is 0 Å². The second kappa shape index (κ2) is 9.94. The minimum atomic E-state index is -0.333. The van der Waals surface area contributed by atoms with Crippen LogP contribution in [0.4, 0.5) is 4.39 Å². The molecule has 0 aliphatic carbocycles. The van der Waals surface area contributed by atoms with Crippen molar-refractivity contribution in [3.8, 4) is 17.1 Å². The Morgan fingerprint density at radius 3 is 2.57 bits per heavy atom. The van der Waals surface area contributed by atoms with E-state index in [-0.39, 0.29) is 5.82 Å². The fourth-order valence-electron chi connectivity index (χ4n) is 2.71. The van der Waals surface area contributed by atoms with Gasteiger partial charge in [-0.25, -0.2) is 4.39 Å². The summed E-state index contributed by atoms with van der Waals surface area (Å²) in [5.74, 6) is 1.94. The van der Waals surface area contributed by atoms with Crippen LogP contribution in [0.2, 0.25) is 5.02 Å². The molecule has 0 saturated carbocycles. The average molecular weight is 420 g/mol. The molecule has 0 aliphatic heterocycles. The Hall–Kier alpha value is -2.05. The number of unbranched alkanes of at least 4 members (excludes halogenated alkanes) is 1. The zero-order valence-electron chi connectivity index (χ0n) is 16.0. The molecule has 2 aromatic carbocycles. The van der Waals surface area contributed by atoms with E-state index < -0.39 is 0 Å². The molecule has 0 radical (unpaired) electrons. The zero-order valence-corrected chi connectivity index (χ0v) is 17.6. The molecule has 28 heavy (non-hydrogen) atoms. The normalized spacial score (nSPS) is 11.0. The molecule has 0 N–H and O–H groups in total. The predicted molar refractivity (Wildman–Crippen MR) is 113 cm³/mol. The minimum absolute atomic E-state index is 0.333. The fraction of sp³-hybridized carbons (Fsp3) is 0.333. The summed E-state index contributed by atoms with van der Waals surface area (Å²) in [7, 11) is 0. The highest BCUT2D eigenvalue weighted by atomic mass is 35.5. The second-order valence-corrected chi connectivity index (χ2v) is 7.65. The first kappa shape index (κ1) is 20.7. The van der Waals surface area contributed by atoms with Gasteiger partial charge in [0.15, 0.2) is 11.0 Å². The Morgan fingerprint density at radius 1 is 1.11 bits per heavy atom. The van der Waals surface area contributed by atoms with Crippen molar-refractivity contribution in [1.29, 1.82) is 0 Å². The van der Waals surface area contributed by atoms with E-state index in [0.29, 0.717) is 10.8 Å². The third-order valence-electron chi connectivity index (χ3n) is 4.28. The van der Waals surface area contributed by atoms with E-state index >= 15 is 0 Å². The third kappa shape index (κ3) is 5.06. The van der Waals surface area contributed by atoms with Crippen LogP contribution < -0.4 is 4.74 Å². The first-order chi connectivity index (χ1) is 13.6. The highest BCUT2D eigenvalue weighted by molar-refractivity contribution is 7.98. The smallest absolute Gasteiger partial charge is 0.191 e. The van der Waals surface area contributed by atoms with Crippen LogP contribution in [-0.2, 0) is 12.3 Å². The van der Waals surface area contributed by atoms with Crippen molar-refractivity contribution in [2.75, 3.05) is 6.61 Å². The number of benzene rings is 2. The van der Waals surface area contributed by atoms with Gasteiger partial charge in [0.05, 0.1) is 6.61 Å². The van der Waals surface area contributed by atoms with E-state index in [4.69, 9.17) is 16.3 Å². The first-order valence-corrected chi connectivity index (χ1v) is 10.7. The average Bonchev–Trinajstić information content (AvgIpc) is 3.11. The van der Waals surface area contributed by atoms with Gasteiger partial charge in [-0.15, -0.1) is 10.2 Å². The molecular weight excluding hydrogens is 397 g/mol. The Kier molecular flexibility index (Phi) is 7.34. The van der Waals surface area contributed by atoms with Crippen LogP contribution in [-0.4, -0.2) is 21.4 Å². The van der Waals surface area contributed by atoms with Gasteiger partial charge in [0.25, 0.3) is 0 Å². The van der Waals surface area contributed by atoms with Crippen LogP contribution in [0.25, 0.3) is 11.4 Å². The largest absolute Gasteiger partial charge is 0.494 e. The van der Waals surface area contributed by atoms with E-state index in [1.165, 1.54) is 23.9 Å². The molecule has 0 unspecified atom stereocenters. The number of halogens is 2. The van der Waals surface area contributed by atoms with Crippen molar-refractivity contribution >= 4 is 23.4 Å². The van der Waals surface area contributed by atoms with Gasteiger partial charge in [-0.1, -0.05) is 42.8 Å². The van der Waals surface area contributed by atoms with E-state index in [2.05, 4.69) is 28.6 Å². The summed E-state index contributed by atoms with van der Waals surface area (Å²) >= 11 is 7.66. The Labute approximate surface area is 174 Å². The summed E-state index contributed by atoms with van der Waals surface area (Å²) in [6, 6.07) is 12.4. The van der Waals surface area contributed by atoms with Crippen molar-refractivity contribution in [2.24, 2.45) is 0 Å². The van der Waals surface area contributed by atoms with Crippen LogP contribution in [0.5, 0.6) is 5.75 Å². The first-order valence-electron chi connectivity index (χ1n) is 9.35. The van der Waals surface area contributed by atoms with Crippen molar-refractivity contribution in [1.82, 2.24) is 14.8 Å². The summed E-state index contributed by atoms with van der Waals surface area (Å²) in [6.45, 7) is 5.68. The van der Waals surface area contributed by atoms with Crippen LogP contribution in [0.3, 0.4) is 0 Å². The maximum Gasteiger partial charge on any atom is 0.191 e. The molecule has 1 heterocycles. The molecule has 3 aromatic rings. The highest BCUT2D eigenvalue weighted by Gasteiger charge is 2.14. The molecule has 0 spiro atoms. The number of nitrogens with zero attached hydrogens (tertiary/aromatic N) is 3. The third-order valence-corrected chi connectivity index (χ3v) is 5.65. The van der Waals surface area contributed by atoms with Gasteiger partial charge in [0, 0.05) is 22.9 Å². The van der Waals surface area contributed by atoms with Crippen LogP contribution in [0.1, 0.15) is 32.3 Å². The van der Waals surface area contributed by atoms with Gasteiger partial charge < -0.3 is 9.30 Å². The molecule has 148 valence electrons. The van der Waals surface area contributed by atoms with Gasteiger partial charge in [-0.3, -0.25) is 0 Å². The molecule has 3 rings (SSSR count). The van der Waals surface area contributed by atoms with E-state index in [1.54, 1.807) is 6.07 Å².